The minimum absolute atomic E-state index is 0.108. The van der Waals surface area contributed by atoms with Crippen LogP contribution in [-0.2, 0) is 14.8 Å². The fourth-order valence-corrected chi connectivity index (χ4v) is 4.94. The second-order valence-electron chi connectivity index (χ2n) is 7.27. The molecule has 0 atom stereocenters. The van der Waals surface area contributed by atoms with E-state index in [9.17, 15) is 13.2 Å². The average molecular weight is 436 g/mol. The summed E-state index contributed by atoms with van der Waals surface area (Å²) in [4.78, 5) is 14.6. The number of hydrogen-bond acceptors (Lipinski definition) is 4. The topological polar surface area (TPSA) is 69.7 Å². The van der Waals surface area contributed by atoms with Crippen molar-refractivity contribution < 1.29 is 13.2 Å². The summed E-state index contributed by atoms with van der Waals surface area (Å²) in [6.45, 7) is 6.50. The molecule has 0 saturated carbocycles. The standard InChI is InChI=1S/C21H26ClN3O3S/c1-16-7-8-18(15-17(16)2)29(27,28)25-13-11-24(12-14-25)10-9-21(26)23-20-6-4-3-5-19(20)22/h3-8,15H,9-14H2,1-2H3,(H,23,26). The molecular formula is C21H26ClN3O3S. The molecule has 0 unspecified atom stereocenters. The molecule has 8 heteroatoms. The Balaban J connectivity index is 1.50. The fourth-order valence-electron chi connectivity index (χ4n) is 3.25. The summed E-state index contributed by atoms with van der Waals surface area (Å²) in [5, 5.41) is 3.32. The number of amides is 1. The maximum Gasteiger partial charge on any atom is 0.243 e. The highest BCUT2D eigenvalue weighted by atomic mass is 35.5. The average Bonchev–Trinajstić information content (AvgIpc) is 2.70. The Kier molecular flexibility index (Phi) is 6.95. The number of sulfonamides is 1. The van der Waals surface area contributed by atoms with Gasteiger partial charge in [-0.05, 0) is 49.2 Å². The third-order valence-electron chi connectivity index (χ3n) is 5.25. The van der Waals surface area contributed by atoms with Crippen LogP contribution >= 0.6 is 11.6 Å². The van der Waals surface area contributed by atoms with Gasteiger partial charge in [-0.15, -0.1) is 0 Å². The van der Waals surface area contributed by atoms with Crippen LogP contribution in [0.1, 0.15) is 17.5 Å². The molecule has 1 saturated heterocycles. The summed E-state index contributed by atoms with van der Waals surface area (Å²) < 4.78 is 27.3. The number of nitrogens with zero attached hydrogens (tertiary/aromatic N) is 2. The van der Waals surface area contributed by atoms with Crippen molar-refractivity contribution in [1.82, 2.24) is 9.21 Å². The van der Waals surface area contributed by atoms with Crippen molar-refractivity contribution in [2.24, 2.45) is 0 Å². The highest BCUT2D eigenvalue weighted by molar-refractivity contribution is 7.89. The summed E-state index contributed by atoms with van der Waals surface area (Å²) in [6, 6.07) is 12.4. The van der Waals surface area contributed by atoms with Gasteiger partial charge in [0.05, 0.1) is 15.6 Å². The molecule has 0 bridgehead atoms. The van der Waals surface area contributed by atoms with Gasteiger partial charge in [0.2, 0.25) is 15.9 Å². The van der Waals surface area contributed by atoms with Crippen LogP contribution < -0.4 is 5.32 Å². The van der Waals surface area contributed by atoms with Crippen LogP contribution in [0.25, 0.3) is 0 Å². The first-order valence-corrected chi connectivity index (χ1v) is 11.4. The number of hydrogen-bond donors (Lipinski definition) is 1. The molecule has 29 heavy (non-hydrogen) atoms. The number of benzene rings is 2. The molecule has 2 aromatic carbocycles. The van der Waals surface area contributed by atoms with Crippen LogP contribution in [0, 0.1) is 13.8 Å². The lowest BCUT2D eigenvalue weighted by atomic mass is 10.1. The predicted molar refractivity (Wildman–Crippen MR) is 116 cm³/mol. The van der Waals surface area contributed by atoms with Gasteiger partial charge in [-0.25, -0.2) is 8.42 Å². The summed E-state index contributed by atoms with van der Waals surface area (Å²) in [5.74, 6) is -0.108. The summed E-state index contributed by atoms with van der Waals surface area (Å²) >= 11 is 6.06. The Bertz CT molecular complexity index is 986. The Labute approximate surface area is 177 Å². The fraction of sp³-hybridized carbons (Fsp3) is 0.381. The Morgan fingerprint density at radius 1 is 1.03 bits per heavy atom. The van der Waals surface area contributed by atoms with Crippen LogP contribution in [0.5, 0.6) is 0 Å². The van der Waals surface area contributed by atoms with Crippen molar-refractivity contribution in [1.29, 1.82) is 0 Å². The molecule has 1 aliphatic rings. The number of halogens is 1. The Morgan fingerprint density at radius 3 is 2.38 bits per heavy atom. The van der Waals surface area contributed by atoms with Gasteiger partial charge >= 0.3 is 0 Å². The predicted octanol–water partition coefficient (Wildman–Crippen LogP) is 3.29. The van der Waals surface area contributed by atoms with Crippen molar-refractivity contribution >= 4 is 33.2 Å². The maximum atomic E-state index is 12.9. The number of piperazine rings is 1. The van der Waals surface area contributed by atoms with E-state index in [1.807, 2.05) is 32.0 Å². The van der Waals surface area contributed by atoms with Crippen molar-refractivity contribution in [3.8, 4) is 0 Å². The van der Waals surface area contributed by atoms with Crippen molar-refractivity contribution in [2.45, 2.75) is 25.2 Å². The number of para-hydroxylation sites is 1. The van der Waals surface area contributed by atoms with E-state index in [0.29, 0.717) is 54.8 Å². The Hall–Kier alpha value is -1.93. The molecule has 6 nitrogen and oxygen atoms in total. The molecule has 1 heterocycles. The van der Waals surface area contributed by atoms with Crippen molar-refractivity contribution in [2.75, 3.05) is 38.0 Å². The molecule has 1 amide bonds. The van der Waals surface area contributed by atoms with Gasteiger partial charge in [-0.2, -0.15) is 4.31 Å². The zero-order valence-corrected chi connectivity index (χ0v) is 18.3. The molecular weight excluding hydrogens is 410 g/mol. The zero-order chi connectivity index (χ0) is 21.0. The van der Waals surface area contributed by atoms with Crippen LogP contribution in [0.4, 0.5) is 5.69 Å². The molecule has 0 spiro atoms. The minimum Gasteiger partial charge on any atom is -0.325 e. The molecule has 1 fully saturated rings. The van der Waals surface area contributed by atoms with E-state index in [-0.39, 0.29) is 5.91 Å². The maximum absolute atomic E-state index is 12.9. The Morgan fingerprint density at radius 2 is 1.72 bits per heavy atom. The van der Waals surface area contributed by atoms with Crippen LogP contribution in [-0.4, -0.2) is 56.3 Å². The number of nitrogens with one attached hydrogen (secondary N) is 1. The second kappa shape index (κ2) is 9.26. The van der Waals surface area contributed by atoms with Gasteiger partial charge in [0.1, 0.15) is 0 Å². The highest BCUT2D eigenvalue weighted by Gasteiger charge is 2.28. The summed E-state index contributed by atoms with van der Waals surface area (Å²) in [6.07, 6.45) is 0.329. The third-order valence-corrected chi connectivity index (χ3v) is 7.47. The van der Waals surface area contributed by atoms with E-state index in [4.69, 9.17) is 11.6 Å². The number of carbonyl (C=O) groups excluding carboxylic acids is 1. The van der Waals surface area contributed by atoms with Crippen LogP contribution in [0.3, 0.4) is 0 Å². The molecule has 0 radical (unpaired) electrons. The van der Waals surface area contributed by atoms with Crippen molar-refractivity contribution in [3.05, 3.63) is 58.6 Å². The lowest BCUT2D eigenvalue weighted by Gasteiger charge is -2.33. The van der Waals surface area contributed by atoms with Crippen molar-refractivity contribution in [3.63, 3.8) is 0 Å². The first-order valence-electron chi connectivity index (χ1n) is 9.61. The lowest BCUT2D eigenvalue weighted by Crippen LogP contribution is -2.49. The van der Waals surface area contributed by atoms with E-state index in [1.54, 1.807) is 24.3 Å². The van der Waals surface area contributed by atoms with E-state index in [2.05, 4.69) is 10.2 Å². The van der Waals surface area contributed by atoms with Crippen LogP contribution in [0.15, 0.2) is 47.4 Å². The molecule has 1 N–H and O–H groups in total. The van der Waals surface area contributed by atoms with Crippen LogP contribution in [0.2, 0.25) is 5.02 Å². The number of anilines is 1. The highest BCUT2D eigenvalue weighted by Crippen LogP contribution is 2.22. The summed E-state index contributed by atoms with van der Waals surface area (Å²) in [5.41, 5.74) is 2.64. The van der Waals surface area contributed by atoms with Gasteiger partial charge in [-0.1, -0.05) is 29.8 Å². The van der Waals surface area contributed by atoms with Gasteiger partial charge in [0.15, 0.2) is 0 Å². The third kappa shape index (κ3) is 5.36. The first kappa shape index (κ1) is 21.8. The second-order valence-corrected chi connectivity index (χ2v) is 9.61. The number of rotatable bonds is 6. The molecule has 3 rings (SSSR count). The smallest absolute Gasteiger partial charge is 0.243 e. The quantitative estimate of drug-likeness (QED) is 0.755. The molecule has 1 aliphatic heterocycles. The molecule has 0 aliphatic carbocycles. The minimum atomic E-state index is -3.49. The largest absolute Gasteiger partial charge is 0.325 e. The van der Waals surface area contributed by atoms with E-state index in [1.165, 1.54) is 4.31 Å². The number of aryl methyl sites for hydroxylation is 2. The van der Waals surface area contributed by atoms with E-state index >= 15 is 0 Å². The zero-order valence-electron chi connectivity index (χ0n) is 16.7. The monoisotopic (exact) mass is 435 g/mol. The first-order chi connectivity index (χ1) is 13.8. The summed E-state index contributed by atoms with van der Waals surface area (Å²) in [7, 11) is -3.49. The van der Waals surface area contributed by atoms with Gasteiger partial charge in [-0.3, -0.25) is 4.79 Å². The van der Waals surface area contributed by atoms with E-state index in [0.717, 1.165) is 11.1 Å². The molecule has 2 aromatic rings. The molecule has 0 aromatic heterocycles. The van der Waals surface area contributed by atoms with Gasteiger partial charge in [0.25, 0.3) is 0 Å². The van der Waals surface area contributed by atoms with E-state index < -0.39 is 10.0 Å². The normalized spacial score (nSPS) is 16.0. The SMILES string of the molecule is Cc1ccc(S(=O)(=O)N2CCN(CCC(=O)Nc3ccccc3Cl)CC2)cc1C. The molecule has 156 valence electrons. The number of carbonyl (C=O) groups is 1. The van der Waals surface area contributed by atoms with Gasteiger partial charge in [0, 0.05) is 39.1 Å². The van der Waals surface area contributed by atoms with Gasteiger partial charge < -0.3 is 10.2 Å². The lowest BCUT2D eigenvalue weighted by molar-refractivity contribution is -0.116.